The first kappa shape index (κ1) is 7.07. The molecule has 0 amide bonds. The molecule has 1 heterocycles. The van der Waals surface area contributed by atoms with Crippen molar-refractivity contribution < 1.29 is 0 Å². The van der Waals surface area contributed by atoms with E-state index in [9.17, 15) is 0 Å². The van der Waals surface area contributed by atoms with E-state index in [0.29, 0.717) is 0 Å². The molecule has 0 saturated carbocycles. The van der Waals surface area contributed by atoms with E-state index in [-0.39, 0.29) is 0 Å². The Bertz CT molecular complexity index is 90.6. The molecule has 1 saturated heterocycles. The van der Waals surface area contributed by atoms with E-state index in [1.165, 1.54) is 19.4 Å². The minimum Gasteiger partial charge on any atom is -0.303 e. The Morgan fingerprint density at radius 1 is 1.56 bits per heavy atom. The van der Waals surface area contributed by atoms with E-state index in [1.54, 1.807) is 0 Å². The third-order valence-electron chi connectivity index (χ3n) is 2.75. The van der Waals surface area contributed by atoms with Gasteiger partial charge in [0.2, 0.25) is 0 Å². The van der Waals surface area contributed by atoms with Gasteiger partial charge in [-0.25, -0.2) is 0 Å². The zero-order chi connectivity index (χ0) is 6.85. The third kappa shape index (κ3) is 1.26. The second-order valence-corrected chi connectivity index (χ2v) is 3.18. The van der Waals surface area contributed by atoms with Crippen LogP contribution in [-0.2, 0) is 0 Å². The molecule has 1 heteroatoms. The second-order valence-electron chi connectivity index (χ2n) is 3.18. The molecule has 0 aromatic carbocycles. The maximum Gasteiger partial charge on any atom is 0.00925 e. The van der Waals surface area contributed by atoms with Gasteiger partial charge < -0.3 is 4.90 Å². The Kier molecular flexibility index (Phi) is 2.12. The molecule has 1 rings (SSSR count). The highest BCUT2D eigenvalue weighted by Gasteiger charge is 2.25. The summed E-state index contributed by atoms with van der Waals surface area (Å²) >= 11 is 0. The standard InChI is InChI=1S/C8H17N/c1-4-8-5-6-9(3)7(8)2/h7-8H,4-6H2,1-3H3/t7-,8+/m0/s1. The van der Waals surface area contributed by atoms with Gasteiger partial charge in [-0.15, -0.1) is 0 Å². The van der Waals surface area contributed by atoms with Crippen molar-refractivity contribution in [3.63, 3.8) is 0 Å². The third-order valence-corrected chi connectivity index (χ3v) is 2.75. The molecule has 54 valence electrons. The van der Waals surface area contributed by atoms with Crippen molar-refractivity contribution in [2.24, 2.45) is 5.92 Å². The normalized spacial score (nSPS) is 37.7. The van der Waals surface area contributed by atoms with E-state index in [2.05, 4.69) is 25.8 Å². The van der Waals surface area contributed by atoms with E-state index in [4.69, 9.17) is 0 Å². The molecule has 0 spiro atoms. The molecule has 2 atom stereocenters. The predicted octanol–water partition coefficient (Wildman–Crippen LogP) is 1.74. The quantitative estimate of drug-likeness (QED) is 0.518. The molecule has 9 heavy (non-hydrogen) atoms. The van der Waals surface area contributed by atoms with Crippen LogP contribution in [0.3, 0.4) is 0 Å². The average Bonchev–Trinajstić information content (AvgIpc) is 2.15. The summed E-state index contributed by atoms with van der Waals surface area (Å²) < 4.78 is 0. The van der Waals surface area contributed by atoms with Gasteiger partial charge in [0.25, 0.3) is 0 Å². The zero-order valence-electron chi connectivity index (χ0n) is 6.72. The van der Waals surface area contributed by atoms with Gasteiger partial charge >= 0.3 is 0 Å². The summed E-state index contributed by atoms with van der Waals surface area (Å²) in [6.07, 6.45) is 2.76. The first-order chi connectivity index (χ1) is 4.25. The van der Waals surface area contributed by atoms with Crippen molar-refractivity contribution in [2.75, 3.05) is 13.6 Å². The minimum atomic E-state index is 0.829. The highest BCUT2D eigenvalue weighted by Crippen LogP contribution is 2.24. The van der Waals surface area contributed by atoms with Gasteiger partial charge in [0, 0.05) is 6.04 Å². The van der Waals surface area contributed by atoms with E-state index in [1.807, 2.05) is 0 Å². The summed E-state index contributed by atoms with van der Waals surface area (Å²) in [6, 6.07) is 0.829. The van der Waals surface area contributed by atoms with Gasteiger partial charge in [0.05, 0.1) is 0 Å². The number of nitrogens with zero attached hydrogens (tertiary/aromatic N) is 1. The van der Waals surface area contributed by atoms with E-state index >= 15 is 0 Å². The lowest BCUT2D eigenvalue weighted by atomic mass is 9.99. The average molecular weight is 127 g/mol. The topological polar surface area (TPSA) is 3.24 Å². The Morgan fingerprint density at radius 2 is 2.22 bits per heavy atom. The molecule has 1 aliphatic heterocycles. The van der Waals surface area contributed by atoms with Gasteiger partial charge in [-0.2, -0.15) is 0 Å². The summed E-state index contributed by atoms with van der Waals surface area (Å²) in [6.45, 7) is 5.93. The lowest BCUT2D eigenvalue weighted by Crippen LogP contribution is -2.25. The minimum absolute atomic E-state index is 0.829. The van der Waals surface area contributed by atoms with Crippen LogP contribution in [0.4, 0.5) is 0 Å². The van der Waals surface area contributed by atoms with Crippen molar-refractivity contribution >= 4 is 0 Å². The summed E-state index contributed by atoms with van der Waals surface area (Å²) in [4.78, 5) is 2.45. The van der Waals surface area contributed by atoms with Crippen LogP contribution < -0.4 is 0 Å². The maximum absolute atomic E-state index is 2.45. The van der Waals surface area contributed by atoms with Crippen LogP contribution in [0.25, 0.3) is 0 Å². The van der Waals surface area contributed by atoms with Gasteiger partial charge in [0.15, 0.2) is 0 Å². The van der Waals surface area contributed by atoms with Crippen LogP contribution in [-0.4, -0.2) is 24.5 Å². The molecule has 0 bridgehead atoms. The van der Waals surface area contributed by atoms with Crippen molar-refractivity contribution in [1.82, 2.24) is 4.90 Å². The molecular weight excluding hydrogens is 110 g/mol. The van der Waals surface area contributed by atoms with Gasteiger partial charge in [-0.05, 0) is 32.9 Å². The van der Waals surface area contributed by atoms with E-state index in [0.717, 1.165) is 12.0 Å². The lowest BCUT2D eigenvalue weighted by molar-refractivity contribution is 0.289. The van der Waals surface area contributed by atoms with Crippen LogP contribution in [0.1, 0.15) is 26.7 Å². The number of hydrogen-bond donors (Lipinski definition) is 0. The zero-order valence-corrected chi connectivity index (χ0v) is 6.72. The number of hydrogen-bond acceptors (Lipinski definition) is 1. The Balaban J connectivity index is 2.41. The Morgan fingerprint density at radius 3 is 2.44 bits per heavy atom. The van der Waals surface area contributed by atoms with Crippen LogP contribution >= 0.6 is 0 Å². The molecule has 0 radical (unpaired) electrons. The van der Waals surface area contributed by atoms with Crippen molar-refractivity contribution in [3.05, 3.63) is 0 Å². The van der Waals surface area contributed by atoms with Crippen LogP contribution in [0, 0.1) is 5.92 Å². The molecule has 0 unspecified atom stereocenters. The predicted molar refractivity (Wildman–Crippen MR) is 40.5 cm³/mol. The summed E-state index contributed by atoms with van der Waals surface area (Å²) in [5, 5.41) is 0. The van der Waals surface area contributed by atoms with Crippen molar-refractivity contribution in [3.8, 4) is 0 Å². The van der Waals surface area contributed by atoms with E-state index < -0.39 is 0 Å². The smallest absolute Gasteiger partial charge is 0.00925 e. The monoisotopic (exact) mass is 127 g/mol. The molecule has 1 nitrogen and oxygen atoms in total. The molecule has 1 aliphatic rings. The number of likely N-dealkylation sites (tertiary alicyclic amines) is 1. The SMILES string of the molecule is CC[C@@H]1CCN(C)[C@H]1C. The maximum atomic E-state index is 2.45. The van der Waals surface area contributed by atoms with Gasteiger partial charge in [-0.1, -0.05) is 13.3 Å². The summed E-state index contributed by atoms with van der Waals surface area (Å²) in [5.74, 6) is 0.968. The molecule has 0 N–H and O–H groups in total. The first-order valence-electron chi connectivity index (χ1n) is 3.96. The molecule has 0 aliphatic carbocycles. The highest BCUT2D eigenvalue weighted by atomic mass is 15.1. The van der Waals surface area contributed by atoms with Gasteiger partial charge in [0.1, 0.15) is 0 Å². The first-order valence-corrected chi connectivity index (χ1v) is 3.96. The fourth-order valence-corrected chi connectivity index (χ4v) is 1.72. The fraction of sp³-hybridized carbons (Fsp3) is 1.00. The van der Waals surface area contributed by atoms with Crippen LogP contribution in [0.5, 0.6) is 0 Å². The second kappa shape index (κ2) is 2.70. The molecule has 0 aromatic heterocycles. The highest BCUT2D eigenvalue weighted by molar-refractivity contribution is 4.80. The molecule has 0 aromatic rings. The van der Waals surface area contributed by atoms with Crippen LogP contribution in [0.2, 0.25) is 0 Å². The number of rotatable bonds is 1. The Hall–Kier alpha value is -0.0400. The lowest BCUT2D eigenvalue weighted by Gasteiger charge is -2.18. The van der Waals surface area contributed by atoms with Crippen molar-refractivity contribution in [1.29, 1.82) is 0 Å². The molecular formula is C8H17N. The molecule has 1 fully saturated rings. The largest absolute Gasteiger partial charge is 0.303 e. The van der Waals surface area contributed by atoms with Crippen molar-refractivity contribution in [2.45, 2.75) is 32.7 Å². The summed E-state index contributed by atoms with van der Waals surface area (Å²) in [7, 11) is 2.22. The Labute approximate surface area is 58.0 Å². The fourth-order valence-electron chi connectivity index (χ4n) is 1.72. The van der Waals surface area contributed by atoms with Crippen LogP contribution in [0.15, 0.2) is 0 Å². The summed E-state index contributed by atoms with van der Waals surface area (Å²) in [5.41, 5.74) is 0. The van der Waals surface area contributed by atoms with Gasteiger partial charge in [-0.3, -0.25) is 0 Å².